The van der Waals surface area contributed by atoms with Crippen LogP contribution in [0.15, 0.2) is 36.0 Å². The summed E-state index contributed by atoms with van der Waals surface area (Å²) in [4.78, 5) is 10.4. The Bertz CT molecular complexity index is 438. The fraction of sp³-hybridized carbons (Fsp3) is 0.438. The van der Waals surface area contributed by atoms with Gasteiger partial charge in [-0.15, -0.1) is 0 Å². The molecule has 0 unspecified atom stereocenters. The molecule has 1 aromatic carbocycles. The molecular weight excluding hydrogens is 254 g/mol. The van der Waals surface area contributed by atoms with Crippen molar-refractivity contribution in [3.63, 3.8) is 0 Å². The molecule has 20 heavy (non-hydrogen) atoms. The van der Waals surface area contributed by atoms with Crippen LogP contribution in [-0.2, 0) is 11.3 Å². The van der Waals surface area contributed by atoms with E-state index in [1.807, 2.05) is 12.1 Å². The van der Waals surface area contributed by atoms with E-state index in [2.05, 4.69) is 25.4 Å². The minimum Gasteiger partial charge on any atom is -0.482 e. The van der Waals surface area contributed by atoms with Crippen molar-refractivity contribution < 1.29 is 14.6 Å². The summed E-state index contributed by atoms with van der Waals surface area (Å²) in [5.74, 6) is -0.394. The Morgan fingerprint density at radius 3 is 2.65 bits per heavy atom. The number of hydrogen-bond acceptors (Lipinski definition) is 3. The van der Waals surface area contributed by atoms with Crippen LogP contribution < -0.4 is 10.1 Å². The van der Waals surface area contributed by atoms with Crippen LogP contribution in [0, 0.1) is 0 Å². The summed E-state index contributed by atoms with van der Waals surface area (Å²) in [6, 6.07) is 7.43. The molecule has 0 bridgehead atoms. The van der Waals surface area contributed by atoms with Crippen molar-refractivity contribution in [2.24, 2.45) is 0 Å². The van der Waals surface area contributed by atoms with Gasteiger partial charge in [0.1, 0.15) is 5.75 Å². The van der Waals surface area contributed by atoms with Crippen molar-refractivity contribution in [3.8, 4) is 5.75 Å². The van der Waals surface area contributed by atoms with E-state index < -0.39 is 5.97 Å². The molecule has 0 spiro atoms. The molecule has 0 aliphatic rings. The molecule has 0 heterocycles. The Hall–Kier alpha value is -1.97. The third-order valence-electron chi connectivity index (χ3n) is 2.86. The van der Waals surface area contributed by atoms with Crippen LogP contribution in [0.25, 0.3) is 0 Å². The molecule has 0 atom stereocenters. The molecule has 1 aromatic rings. The SMILES string of the molecule is CCCC/C(C)=C/NCc1ccc(OCC(=O)O)cc1. The number of unbranched alkanes of at least 4 members (excludes halogenated alkanes) is 1. The largest absolute Gasteiger partial charge is 0.482 e. The maximum Gasteiger partial charge on any atom is 0.341 e. The number of carboxylic acid groups (broad SMARTS) is 1. The molecule has 4 nitrogen and oxygen atoms in total. The molecule has 4 heteroatoms. The van der Waals surface area contributed by atoms with Crippen molar-refractivity contribution in [1.29, 1.82) is 0 Å². The lowest BCUT2D eigenvalue weighted by Gasteiger charge is -2.06. The monoisotopic (exact) mass is 277 g/mol. The maximum absolute atomic E-state index is 10.4. The van der Waals surface area contributed by atoms with Crippen molar-refractivity contribution in [2.45, 2.75) is 39.7 Å². The first kappa shape index (κ1) is 16.1. The van der Waals surface area contributed by atoms with Gasteiger partial charge in [0.15, 0.2) is 6.61 Å². The molecule has 0 saturated heterocycles. The zero-order valence-electron chi connectivity index (χ0n) is 12.2. The van der Waals surface area contributed by atoms with Crippen molar-refractivity contribution in [2.75, 3.05) is 6.61 Å². The summed E-state index contributed by atoms with van der Waals surface area (Å²) in [6.45, 7) is 4.76. The fourth-order valence-corrected chi connectivity index (χ4v) is 1.72. The van der Waals surface area contributed by atoms with E-state index in [4.69, 9.17) is 9.84 Å². The number of allylic oxidation sites excluding steroid dienone is 1. The lowest BCUT2D eigenvalue weighted by atomic mass is 10.1. The molecule has 0 amide bonds. The average molecular weight is 277 g/mol. The number of benzene rings is 1. The van der Waals surface area contributed by atoms with Gasteiger partial charge >= 0.3 is 5.97 Å². The molecule has 0 fully saturated rings. The number of carboxylic acids is 1. The van der Waals surface area contributed by atoms with Gasteiger partial charge in [-0.25, -0.2) is 4.79 Å². The topological polar surface area (TPSA) is 58.6 Å². The van der Waals surface area contributed by atoms with E-state index in [1.165, 1.54) is 18.4 Å². The van der Waals surface area contributed by atoms with Crippen LogP contribution in [0.1, 0.15) is 38.7 Å². The predicted octanol–water partition coefficient (Wildman–Crippen LogP) is 3.33. The first-order chi connectivity index (χ1) is 9.61. The summed E-state index contributed by atoms with van der Waals surface area (Å²) in [7, 11) is 0. The van der Waals surface area contributed by atoms with Gasteiger partial charge in [-0.2, -0.15) is 0 Å². The summed E-state index contributed by atoms with van der Waals surface area (Å²) >= 11 is 0. The van der Waals surface area contributed by atoms with E-state index in [0.717, 1.165) is 18.5 Å². The minimum atomic E-state index is -0.969. The Morgan fingerprint density at radius 1 is 1.35 bits per heavy atom. The molecule has 0 radical (unpaired) electrons. The van der Waals surface area contributed by atoms with Gasteiger partial charge in [0, 0.05) is 6.54 Å². The van der Waals surface area contributed by atoms with Gasteiger partial charge in [-0.05, 0) is 43.7 Å². The smallest absolute Gasteiger partial charge is 0.341 e. The summed E-state index contributed by atoms with van der Waals surface area (Å²) in [5.41, 5.74) is 2.49. The number of carbonyl (C=O) groups is 1. The Balaban J connectivity index is 2.36. The Labute approximate surface area is 120 Å². The van der Waals surface area contributed by atoms with Crippen LogP contribution in [0.5, 0.6) is 5.75 Å². The molecular formula is C16H23NO3. The van der Waals surface area contributed by atoms with Crippen molar-refractivity contribution in [3.05, 3.63) is 41.6 Å². The lowest BCUT2D eigenvalue weighted by Crippen LogP contribution is -2.09. The van der Waals surface area contributed by atoms with E-state index in [1.54, 1.807) is 12.1 Å². The number of ether oxygens (including phenoxy) is 1. The molecule has 1 rings (SSSR count). The summed E-state index contributed by atoms with van der Waals surface area (Å²) < 4.78 is 5.08. The highest BCUT2D eigenvalue weighted by Crippen LogP contribution is 2.12. The minimum absolute atomic E-state index is 0.309. The molecule has 0 saturated carbocycles. The Kier molecular flexibility index (Phi) is 7.25. The highest BCUT2D eigenvalue weighted by atomic mass is 16.5. The third kappa shape index (κ3) is 6.83. The quantitative estimate of drug-likeness (QED) is 0.727. The third-order valence-corrected chi connectivity index (χ3v) is 2.86. The van der Waals surface area contributed by atoms with Crippen LogP contribution in [0.2, 0.25) is 0 Å². The van der Waals surface area contributed by atoms with Gasteiger partial charge in [-0.3, -0.25) is 0 Å². The van der Waals surface area contributed by atoms with E-state index in [-0.39, 0.29) is 6.61 Å². The van der Waals surface area contributed by atoms with Crippen molar-refractivity contribution >= 4 is 5.97 Å². The predicted molar refractivity (Wildman–Crippen MR) is 79.7 cm³/mol. The number of nitrogens with one attached hydrogen (secondary N) is 1. The second-order valence-corrected chi connectivity index (χ2v) is 4.80. The molecule has 0 aliphatic heterocycles. The first-order valence-electron chi connectivity index (χ1n) is 6.94. The van der Waals surface area contributed by atoms with Crippen molar-refractivity contribution in [1.82, 2.24) is 5.32 Å². The highest BCUT2D eigenvalue weighted by molar-refractivity contribution is 5.68. The lowest BCUT2D eigenvalue weighted by molar-refractivity contribution is -0.139. The number of rotatable bonds is 9. The molecule has 110 valence electrons. The zero-order chi connectivity index (χ0) is 14.8. The average Bonchev–Trinajstić information content (AvgIpc) is 2.44. The van der Waals surface area contributed by atoms with Gasteiger partial charge in [0.25, 0.3) is 0 Å². The summed E-state index contributed by atoms with van der Waals surface area (Å²) in [6.07, 6.45) is 5.62. The van der Waals surface area contributed by atoms with E-state index in [0.29, 0.717) is 5.75 Å². The molecule has 0 aliphatic carbocycles. The van der Waals surface area contributed by atoms with E-state index >= 15 is 0 Å². The van der Waals surface area contributed by atoms with Gasteiger partial charge in [-0.1, -0.05) is 31.1 Å². The van der Waals surface area contributed by atoms with Crippen LogP contribution in [0.4, 0.5) is 0 Å². The highest BCUT2D eigenvalue weighted by Gasteiger charge is 1.99. The number of hydrogen-bond donors (Lipinski definition) is 2. The molecule has 2 N–H and O–H groups in total. The maximum atomic E-state index is 10.4. The standard InChI is InChI=1S/C16H23NO3/c1-3-4-5-13(2)10-17-11-14-6-8-15(9-7-14)20-12-16(18)19/h6-10,17H,3-5,11-12H2,1-2H3,(H,18,19)/b13-10+. The fourth-order valence-electron chi connectivity index (χ4n) is 1.72. The zero-order valence-corrected chi connectivity index (χ0v) is 12.2. The van der Waals surface area contributed by atoms with Crippen LogP contribution in [-0.4, -0.2) is 17.7 Å². The second-order valence-electron chi connectivity index (χ2n) is 4.80. The Morgan fingerprint density at radius 2 is 2.05 bits per heavy atom. The first-order valence-corrected chi connectivity index (χ1v) is 6.94. The van der Waals surface area contributed by atoms with Gasteiger partial charge in [0.2, 0.25) is 0 Å². The summed E-state index contributed by atoms with van der Waals surface area (Å²) in [5, 5.41) is 11.8. The van der Waals surface area contributed by atoms with Crippen LogP contribution >= 0.6 is 0 Å². The second kappa shape index (κ2) is 9.02. The molecule has 0 aromatic heterocycles. The number of aliphatic carboxylic acids is 1. The van der Waals surface area contributed by atoms with Crippen LogP contribution in [0.3, 0.4) is 0 Å². The van der Waals surface area contributed by atoms with E-state index in [9.17, 15) is 4.79 Å². The van der Waals surface area contributed by atoms with Gasteiger partial charge in [0.05, 0.1) is 0 Å². The normalized spacial score (nSPS) is 11.2. The van der Waals surface area contributed by atoms with Gasteiger partial charge < -0.3 is 15.2 Å².